The minimum Gasteiger partial charge on any atom is -0.460 e. The lowest BCUT2D eigenvalue weighted by Crippen LogP contribution is -2.36. The van der Waals surface area contributed by atoms with E-state index in [2.05, 4.69) is 5.32 Å². The number of carbonyl (C=O) groups is 1. The highest BCUT2D eigenvalue weighted by Gasteiger charge is 2.17. The van der Waals surface area contributed by atoms with E-state index in [1.807, 2.05) is 20.8 Å². The first-order chi connectivity index (χ1) is 7.47. The van der Waals surface area contributed by atoms with Gasteiger partial charge in [0.25, 0.3) is 0 Å². The van der Waals surface area contributed by atoms with Crippen LogP contribution < -0.4 is 5.32 Å². The Labute approximate surface area is 97.7 Å². The lowest BCUT2D eigenvalue weighted by molar-refractivity contribution is -0.154. The molecule has 1 rings (SSSR count). The maximum Gasteiger partial charge on any atom is 0.307 e. The second-order valence-corrected chi connectivity index (χ2v) is 5.18. The van der Waals surface area contributed by atoms with Crippen LogP contribution >= 0.6 is 0 Å². The number of hydrogen-bond donors (Lipinski definition) is 1. The molecule has 1 N–H and O–H groups in total. The van der Waals surface area contributed by atoms with Crippen molar-refractivity contribution in [3.8, 4) is 0 Å². The lowest BCUT2D eigenvalue weighted by atomic mass is 10.1. The molecule has 0 aromatic heterocycles. The van der Waals surface area contributed by atoms with E-state index in [0.717, 1.165) is 26.1 Å². The van der Waals surface area contributed by atoms with Gasteiger partial charge in [-0.05, 0) is 33.6 Å². The molecule has 4 nitrogen and oxygen atoms in total. The Morgan fingerprint density at radius 2 is 2.00 bits per heavy atom. The van der Waals surface area contributed by atoms with Crippen molar-refractivity contribution in [3.63, 3.8) is 0 Å². The molecule has 0 bridgehead atoms. The highest BCUT2D eigenvalue weighted by molar-refractivity contribution is 5.70. The summed E-state index contributed by atoms with van der Waals surface area (Å²) < 4.78 is 10.5. The van der Waals surface area contributed by atoms with Gasteiger partial charge in [-0.15, -0.1) is 0 Å². The molecule has 0 aromatic rings. The fraction of sp³-hybridized carbons (Fsp3) is 0.917. The molecular formula is C12H23NO3. The minimum absolute atomic E-state index is 0.132. The highest BCUT2D eigenvalue weighted by atomic mass is 16.6. The second kappa shape index (κ2) is 6.21. The number of nitrogens with one attached hydrogen (secondary N) is 1. The fourth-order valence-corrected chi connectivity index (χ4v) is 1.67. The van der Waals surface area contributed by atoms with Gasteiger partial charge in [-0.2, -0.15) is 0 Å². The van der Waals surface area contributed by atoms with Gasteiger partial charge in [0.1, 0.15) is 5.60 Å². The Kier molecular flexibility index (Phi) is 5.22. The predicted octanol–water partition coefficient (Wildman–Crippen LogP) is 1.49. The van der Waals surface area contributed by atoms with Crippen molar-refractivity contribution in [3.05, 3.63) is 0 Å². The second-order valence-electron chi connectivity index (χ2n) is 5.18. The van der Waals surface area contributed by atoms with E-state index >= 15 is 0 Å². The van der Waals surface area contributed by atoms with Crippen molar-refractivity contribution < 1.29 is 14.3 Å². The average Bonchev–Trinajstić information content (AvgIpc) is 2.16. The Morgan fingerprint density at radius 3 is 2.56 bits per heavy atom. The van der Waals surface area contributed by atoms with Gasteiger partial charge in [0.2, 0.25) is 0 Å². The van der Waals surface area contributed by atoms with Gasteiger partial charge >= 0.3 is 5.97 Å². The van der Waals surface area contributed by atoms with Crippen molar-refractivity contribution in [2.45, 2.75) is 51.7 Å². The van der Waals surface area contributed by atoms with E-state index in [0.29, 0.717) is 19.0 Å². The van der Waals surface area contributed by atoms with Crippen LogP contribution in [0.4, 0.5) is 0 Å². The van der Waals surface area contributed by atoms with Crippen LogP contribution in [0.3, 0.4) is 0 Å². The molecule has 0 aliphatic carbocycles. The summed E-state index contributed by atoms with van der Waals surface area (Å²) in [6.45, 7) is 8.00. The minimum atomic E-state index is -0.379. The molecular weight excluding hydrogens is 206 g/mol. The SMILES string of the molecule is CC(C)(C)OC(=O)CCNC1CCOCC1. The van der Waals surface area contributed by atoms with Gasteiger partial charge in [-0.3, -0.25) is 4.79 Å². The molecule has 1 aliphatic heterocycles. The largest absolute Gasteiger partial charge is 0.460 e. The van der Waals surface area contributed by atoms with E-state index < -0.39 is 0 Å². The first-order valence-corrected chi connectivity index (χ1v) is 6.00. The zero-order valence-electron chi connectivity index (χ0n) is 10.5. The van der Waals surface area contributed by atoms with Crippen molar-refractivity contribution in [1.82, 2.24) is 5.32 Å². The first-order valence-electron chi connectivity index (χ1n) is 6.00. The zero-order chi connectivity index (χ0) is 12.0. The molecule has 1 aliphatic rings. The number of hydrogen-bond acceptors (Lipinski definition) is 4. The van der Waals surface area contributed by atoms with Gasteiger partial charge < -0.3 is 14.8 Å². The van der Waals surface area contributed by atoms with Crippen molar-refractivity contribution in [1.29, 1.82) is 0 Å². The van der Waals surface area contributed by atoms with E-state index in [1.54, 1.807) is 0 Å². The number of esters is 1. The lowest BCUT2D eigenvalue weighted by Gasteiger charge is -2.23. The van der Waals surface area contributed by atoms with Gasteiger partial charge in [-0.1, -0.05) is 0 Å². The zero-order valence-corrected chi connectivity index (χ0v) is 10.5. The standard InChI is InChI=1S/C12H23NO3/c1-12(2,3)16-11(14)4-7-13-10-5-8-15-9-6-10/h10,13H,4-9H2,1-3H3. The van der Waals surface area contributed by atoms with Gasteiger partial charge in [-0.25, -0.2) is 0 Å². The number of ether oxygens (including phenoxy) is 2. The van der Waals surface area contributed by atoms with E-state index in [4.69, 9.17) is 9.47 Å². The molecule has 1 saturated heterocycles. The Balaban J connectivity index is 2.08. The number of carbonyl (C=O) groups excluding carboxylic acids is 1. The van der Waals surface area contributed by atoms with Crippen LogP contribution in [-0.4, -0.2) is 37.4 Å². The molecule has 1 fully saturated rings. The molecule has 16 heavy (non-hydrogen) atoms. The summed E-state index contributed by atoms with van der Waals surface area (Å²) in [6, 6.07) is 0.496. The summed E-state index contributed by atoms with van der Waals surface area (Å²) >= 11 is 0. The maximum atomic E-state index is 11.4. The van der Waals surface area contributed by atoms with E-state index in [-0.39, 0.29) is 11.6 Å². The fourth-order valence-electron chi connectivity index (χ4n) is 1.67. The Morgan fingerprint density at radius 1 is 1.38 bits per heavy atom. The van der Waals surface area contributed by atoms with Crippen LogP contribution in [0.1, 0.15) is 40.0 Å². The van der Waals surface area contributed by atoms with Crippen LogP contribution in [0.2, 0.25) is 0 Å². The third-order valence-electron chi connectivity index (χ3n) is 2.40. The predicted molar refractivity (Wildman–Crippen MR) is 62.3 cm³/mol. The Bertz CT molecular complexity index is 217. The first kappa shape index (κ1) is 13.5. The normalized spacial score (nSPS) is 18.4. The van der Waals surface area contributed by atoms with Crippen LogP contribution in [-0.2, 0) is 14.3 Å². The molecule has 0 radical (unpaired) electrons. The molecule has 0 saturated carbocycles. The molecule has 1 heterocycles. The molecule has 4 heteroatoms. The third-order valence-corrected chi connectivity index (χ3v) is 2.40. The van der Waals surface area contributed by atoms with Crippen LogP contribution in [0.15, 0.2) is 0 Å². The molecule has 94 valence electrons. The van der Waals surface area contributed by atoms with Crippen LogP contribution in [0, 0.1) is 0 Å². The summed E-state index contributed by atoms with van der Waals surface area (Å²) in [7, 11) is 0. The molecule has 0 aromatic carbocycles. The summed E-state index contributed by atoms with van der Waals surface area (Å²) in [5, 5.41) is 3.36. The quantitative estimate of drug-likeness (QED) is 0.742. The summed E-state index contributed by atoms with van der Waals surface area (Å²) in [6.07, 6.45) is 2.51. The molecule has 0 unspecified atom stereocenters. The number of rotatable bonds is 4. The topological polar surface area (TPSA) is 47.6 Å². The van der Waals surface area contributed by atoms with E-state index in [1.165, 1.54) is 0 Å². The van der Waals surface area contributed by atoms with E-state index in [9.17, 15) is 4.79 Å². The van der Waals surface area contributed by atoms with Crippen LogP contribution in [0.5, 0.6) is 0 Å². The highest BCUT2D eigenvalue weighted by Crippen LogP contribution is 2.09. The van der Waals surface area contributed by atoms with Crippen LogP contribution in [0.25, 0.3) is 0 Å². The summed E-state index contributed by atoms with van der Waals surface area (Å²) in [5.74, 6) is -0.132. The van der Waals surface area contributed by atoms with Crippen molar-refractivity contribution in [2.75, 3.05) is 19.8 Å². The van der Waals surface area contributed by atoms with Gasteiger partial charge in [0.15, 0.2) is 0 Å². The Hall–Kier alpha value is -0.610. The monoisotopic (exact) mass is 229 g/mol. The molecule has 0 atom stereocenters. The molecule has 0 amide bonds. The van der Waals surface area contributed by atoms with Gasteiger partial charge in [0.05, 0.1) is 6.42 Å². The third kappa shape index (κ3) is 6.08. The average molecular weight is 229 g/mol. The molecule has 0 spiro atoms. The van der Waals surface area contributed by atoms with Crippen molar-refractivity contribution in [2.24, 2.45) is 0 Å². The smallest absolute Gasteiger partial charge is 0.307 e. The van der Waals surface area contributed by atoms with Crippen molar-refractivity contribution >= 4 is 5.97 Å². The summed E-state index contributed by atoms with van der Waals surface area (Å²) in [4.78, 5) is 11.4. The summed E-state index contributed by atoms with van der Waals surface area (Å²) in [5.41, 5.74) is -0.379. The maximum absolute atomic E-state index is 11.4. The van der Waals surface area contributed by atoms with Gasteiger partial charge in [0, 0.05) is 25.8 Å².